The third kappa shape index (κ3) is 2.27. The summed E-state index contributed by atoms with van der Waals surface area (Å²) in [4.78, 5) is 43.6. The third-order valence-electron chi connectivity index (χ3n) is 6.87. The van der Waals surface area contributed by atoms with Crippen LogP contribution in [0.3, 0.4) is 0 Å². The molecule has 1 aromatic carbocycles. The van der Waals surface area contributed by atoms with E-state index >= 15 is 0 Å². The predicted molar refractivity (Wildman–Crippen MR) is 107 cm³/mol. The summed E-state index contributed by atoms with van der Waals surface area (Å²) in [5, 5.41) is 2.99. The topological polar surface area (TPSA) is 79.0 Å². The minimum absolute atomic E-state index is 0.0223. The molecule has 7 nitrogen and oxygen atoms in total. The number of methoxy groups -OCH3 is 1. The van der Waals surface area contributed by atoms with E-state index < -0.39 is 17.5 Å². The lowest BCUT2D eigenvalue weighted by molar-refractivity contribution is -0.158. The summed E-state index contributed by atoms with van der Waals surface area (Å²) in [5.74, 6) is 0.453. The molecule has 1 N–H and O–H groups in total. The molecule has 0 aromatic heterocycles. The molecule has 0 saturated carbocycles. The maximum atomic E-state index is 13.4. The molecule has 3 fully saturated rings. The van der Waals surface area contributed by atoms with Crippen molar-refractivity contribution in [3.05, 3.63) is 35.4 Å². The van der Waals surface area contributed by atoms with Gasteiger partial charge >= 0.3 is 0 Å². The van der Waals surface area contributed by atoms with Gasteiger partial charge in [0, 0.05) is 18.3 Å². The molecule has 3 saturated heterocycles. The largest absolute Gasteiger partial charge is 0.497 e. The van der Waals surface area contributed by atoms with Crippen molar-refractivity contribution in [3.63, 3.8) is 0 Å². The Morgan fingerprint density at radius 3 is 2.72 bits per heavy atom. The molecule has 4 heterocycles. The molecule has 1 aromatic rings. The summed E-state index contributed by atoms with van der Waals surface area (Å²) in [6.07, 6.45) is 3.84. The standard InChI is InChI=1S/C22H25N3O4/c1-12(2)9-18-22(14-7-6-13(29-3)10-15(14)23-21(22)28)11-17-19(26)24-8-4-5-16(24)20(27)25(17)18/h6-7,9-10,16-18H,4-5,8,11H2,1-3H3,(H,23,28)/t16?,17?,18-,22-/m0/s1. The zero-order chi connectivity index (χ0) is 20.5. The molecule has 5 rings (SSSR count). The number of allylic oxidation sites excluding steroid dienone is 1. The van der Waals surface area contributed by atoms with Crippen LogP contribution in [0.25, 0.3) is 0 Å². The SMILES string of the molecule is COc1ccc2c(c1)NC(=O)[C@@]21CC2C(=O)N3CCCC3C(=O)N2[C@H]1C=C(C)C. The van der Waals surface area contributed by atoms with E-state index in [4.69, 9.17) is 4.74 Å². The molecule has 4 atom stereocenters. The smallest absolute Gasteiger partial charge is 0.246 e. The minimum Gasteiger partial charge on any atom is -0.497 e. The number of fused-ring (bicyclic) bond motifs is 4. The van der Waals surface area contributed by atoms with Crippen LogP contribution in [0.4, 0.5) is 5.69 Å². The highest BCUT2D eigenvalue weighted by atomic mass is 16.5. The second kappa shape index (κ2) is 6.08. The van der Waals surface area contributed by atoms with E-state index in [1.165, 1.54) is 0 Å². The van der Waals surface area contributed by atoms with Crippen LogP contribution in [0.1, 0.15) is 38.7 Å². The number of hydrogen-bond acceptors (Lipinski definition) is 4. The number of benzene rings is 1. The lowest BCUT2D eigenvalue weighted by Crippen LogP contribution is -2.62. The molecule has 4 aliphatic rings. The molecule has 1 spiro atoms. The average Bonchev–Trinajstić information content (AvgIpc) is 3.36. The Labute approximate surface area is 169 Å². The molecule has 2 unspecified atom stereocenters. The van der Waals surface area contributed by atoms with Crippen LogP contribution in [0.5, 0.6) is 5.75 Å². The zero-order valence-corrected chi connectivity index (χ0v) is 16.9. The van der Waals surface area contributed by atoms with Crippen molar-refractivity contribution in [2.75, 3.05) is 19.0 Å². The number of nitrogens with zero attached hydrogens (tertiary/aromatic N) is 2. The maximum absolute atomic E-state index is 13.4. The highest BCUT2D eigenvalue weighted by Gasteiger charge is 2.66. The Morgan fingerprint density at radius 1 is 1.21 bits per heavy atom. The monoisotopic (exact) mass is 395 g/mol. The average molecular weight is 395 g/mol. The first-order valence-electron chi connectivity index (χ1n) is 10.2. The van der Waals surface area contributed by atoms with Crippen molar-refractivity contribution in [3.8, 4) is 5.75 Å². The molecular weight excluding hydrogens is 370 g/mol. The first-order valence-corrected chi connectivity index (χ1v) is 10.2. The highest BCUT2D eigenvalue weighted by Crippen LogP contribution is 2.53. The van der Waals surface area contributed by atoms with Crippen LogP contribution >= 0.6 is 0 Å². The molecule has 3 amide bonds. The number of hydrogen-bond donors (Lipinski definition) is 1. The van der Waals surface area contributed by atoms with Crippen molar-refractivity contribution in [2.24, 2.45) is 0 Å². The number of anilines is 1. The fourth-order valence-corrected chi connectivity index (χ4v) is 5.64. The van der Waals surface area contributed by atoms with E-state index in [1.54, 1.807) is 23.0 Å². The summed E-state index contributed by atoms with van der Waals surface area (Å²) in [6, 6.07) is 4.07. The van der Waals surface area contributed by atoms with Crippen molar-refractivity contribution in [1.82, 2.24) is 9.80 Å². The van der Waals surface area contributed by atoms with E-state index in [0.29, 0.717) is 30.8 Å². The normalized spacial score (nSPS) is 32.2. The van der Waals surface area contributed by atoms with Gasteiger partial charge < -0.3 is 19.9 Å². The second-order valence-electron chi connectivity index (χ2n) is 8.68. The van der Waals surface area contributed by atoms with Crippen LogP contribution in [-0.2, 0) is 19.8 Å². The van der Waals surface area contributed by atoms with Gasteiger partial charge in [0.2, 0.25) is 17.7 Å². The summed E-state index contributed by atoms with van der Waals surface area (Å²) in [5.41, 5.74) is 1.58. The Bertz CT molecular complexity index is 967. The van der Waals surface area contributed by atoms with Crippen molar-refractivity contribution >= 4 is 23.4 Å². The summed E-state index contributed by atoms with van der Waals surface area (Å²) in [6.45, 7) is 4.54. The number of piperazine rings is 1. The second-order valence-corrected chi connectivity index (χ2v) is 8.68. The van der Waals surface area contributed by atoms with Crippen molar-refractivity contribution < 1.29 is 19.1 Å². The molecule has 0 bridgehead atoms. The molecule has 7 heteroatoms. The van der Waals surface area contributed by atoms with Gasteiger partial charge in [0.25, 0.3) is 0 Å². The van der Waals surface area contributed by atoms with Crippen molar-refractivity contribution in [1.29, 1.82) is 0 Å². The van der Waals surface area contributed by atoms with Gasteiger partial charge in [-0.05, 0) is 44.7 Å². The van der Waals surface area contributed by atoms with Crippen LogP contribution in [0.15, 0.2) is 29.8 Å². The van der Waals surface area contributed by atoms with Gasteiger partial charge in [-0.15, -0.1) is 0 Å². The molecular formula is C22H25N3O4. The van der Waals surface area contributed by atoms with E-state index in [-0.39, 0.29) is 23.8 Å². The van der Waals surface area contributed by atoms with E-state index in [2.05, 4.69) is 5.32 Å². The summed E-state index contributed by atoms with van der Waals surface area (Å²) < 4.78 is 5.31. The van der Waals surface area contributed by atoms with E-state index in [0.717, 1.165) is 17.6 Å². The van der Waals surface area contributed by atoms with Gasteiger partial charge in [-0.25, -0.2) is 0 Å². The van der Waals surface area contributed by atoms with E-state index in [9.17, 15) is 14.4 Å². The van der Waals surface area contributed by atoms with Crippen LogP contribution in [-0.4, -0.2) is 59.3 Å². The van der Waals surface area contributed by atoms with E-state index in [1.807, 2.05) is 32.1 Å². The lowest BCUT2D eigenvalue weighted by atomic mass is 9.73. The number of carbonyl (C=O) groups is 3. The fourth-order valence-electron chi connectivity index (χ4n) is 5.64. The first-order chi connectivity index (χ1) is 13.9. The zero-order valence-electron chi connectivity index (χ0n) is 16.9. The Morgan fingerprint density at radius 2 is 2.00 bits per heavy atom. The Balaban J connectivity index is 1.69. The quantitative estimate of drug-likeness (QED) is 0.775. The van der Waals surface area contributed by atoms with Gasteiger partial charge in [-0.2, -0.15) is 0 Å². The fraction of sp³-hybridized carbons (Fsp3) is 0.500. The lowest BCUT2D eigenvalue weighted by Gasteiger charge is -2.41. The van der Waals surface area contributed by atoms with Gasteiger partial charge in [-0.3, -0.25) is 14.4 Å². The Kier molecular flexibility index (Phi) is 3.82. The maximum Gasteiger partial charge on any atom is 0.246 e. The van der Waals surface area contributed by atoms with Gasteiger partial charge in [0.15, 0.2) is 0 Å². The molecule has 152 valence electrons. The Hall–Kier alpha value is -2.83. The number of carbonyl (C=O) groups excluding carboxylic acids is 3. The number of rotatable bonds is 2. The molecule has 0 radical (unpaired) electrons. The number of amides is 3. The molecule has 0 aliphatic carbocycles. The molecule has 29 heavy (non-hydrogen) atoms. The van der Waals surface area contributed by atoms with Crippen LogP contribution in [0.2, 0.25) is 0 Å². The summed E-state index contributed by atoms with van der Waals surface area (Å²) >= 11 is 0. The van der Waals surface area contributed by atoms with Crippen molar-refractivity contribution in [2.45, 2.75) is 56.7 Å². The van der Waals surface area contributed by atoms with Crippen LogP contribution in [0, 0.1) is 0 Å². The predicted octanol–water partition coefficient (Wildman–Crippen LogP) is 1.83. The third-order valence-corrected chi connectivity index (χ3v) is 6.87. The van der Waals surface area contributed by atoms with Gasteiger partial charge in [-0.1, -0.05) is 17.7 Å². The number of ether oxygens (including phenoxy) is 1. The van der Waals surface area contributed by atoms with Gasteiger partial charge in [0.05, 0.1) is 13.2 Å². The minimum atomic E-state index is -0.964. The molecule has 4 aliphatic heterocycles. The number of nitrogens with one attached hydrogen (secondary N) is 1. The van der Waals surface area contributed by atoms with Gasteiger partial charge in [0.1, 0.15) is 23.2 Å². The summed E-state index contributed by atoms with van der Waals surface area (Å²) in [7, 11) is 1.58. The first kappa shape index (κ1) is 18.2. The van der Waals surface area contributed by atoms with Crippen LogP contribution < -0.4 is 10.1 Å². The highest BCUT2D eigenvalue weighted by molar-refractivity contribution is 6.10.